The average molecular weight is 487 g/mol. The smallest absolute Gasteiger partial charge is 0.193 e. The number of benzene rings is 2. The maximum atomic E-state index is 12.5. The highest BCUT2D eigenvalue weighted by atomic mass is 127. The van der Waals surface area contributed by atoms with E-state index >= 15 is 0 Å². The zero-order valence-electron chi connectivity index (χ0n) is 15.3. The number of sulfone groups is 1. The lowest BCUT2D eigenvalue weighted by atomic mass is 10.1. The minimum Gasteiger partial charge on any atom is -0.370 e. The molecule has 2 aromatic carbocycles. The van der Waals surface area contributed by atoms with Crippen molar-refractivity contribution in [3.05, 3.63) is 59.7 Å². The fraction of sp³-hybridized carbons (Fsp3) is 0.316. The molecule has 0 bridgehead atoms. The van der Waals surface area contributed by atoms with Crippen LogP contribution in [0, 0.1) is 13.8 Å². The summed E-state index contributed by atoms with van der Waals surface area (Å²) >= 11 is 0. The molecule has 0 heterocycles. The van der Waals surface area contributed by atoms with Gasteiger partial charge in [-0.05, 0) is 55.7 Å². The van der Waals surface area contributed by atoms with E-state index in [9.17, 15) is 8.42 Å². The summed E-state index contributed by atoms with van der Waals surface area (Å²) < 4.78 is 25.0. The van der Waals surface area contributed by atoms with Gasteiger partial charge >= 0.3 is 0 Å². The normalized spacial score (nSPS) is 13.0. The molecule has 0 aliphatic heterocycles. The van der Waals surface area contributed by atoms with Gasteiger partial charge in [0.05, 0.1) is 16.7 Å². The van der Waals surface area contributed by atoms with E-state index in [4.69, 9.17) is 5.73 Å². The Hall–Kier alpha value is -1.61. The molecule has 0 amide bonds. The Balaban J connectivity index is 0.00000338. The minimum atomic E-state index is -3.39. The first-order chi connectivity index (χ1) is 11.8. The Morgan fingerprint density at radius 3 is 2.35 bits per heavy atom. The summed E-state index contributed by atoms with van der Waals surface area (Å²) in [6.45, 7) is 5.96. The highest BCUT2D eigenvalue weighted by molar-refractivity contribution is 14.0. The van der Waals surface area contributed by atoms with E-state index in [1.807, 2.05) is 39.0 Å². The number of hydrogen-bond donors (Lipinski definition) is 2. The van der Waals surface area contributed by atoms with Crippen LogP contribution in [0.3, 0.4) is 0 Å². The van der Waals surface area contributed by atoms with Gasteiger partial charge in [-0.1, -0.05) is 31.2 Å². The van der Waals surface area contributed by atoms with Gasteiger partial charge in [-0.2, -0.15) is 0 Å². The zero-order chi connectivity index (χ0) is 18.4. The molecule has 5 nitrogen and oxygen atoms in total. The maximum Gasteiger partial charge on any atom is 0.193 e. The number of rotatable bonds is 6. The highest BCUT2D eigenvalue weighted by Crippen LogP contribution is 2.16. The van der Waals surface area contributed by atoms with Gasteiger partial charge in [0.1, 0.15) is 0 Å². The molecule has 2 aromatic rings. The van der Waals surface area contributed by atoms with E-state index in [-0.39, 0.29) is 35.7 Å². The molecule has 0 aliphatic rings. The first kappa shape index (κ1) is 22.4. The van der Waals surface area contributed by atoms with Crippen molar-refractivity contribution in [1.29, 1.82) is 0 Å². The molecule has 0 spiro atoms. The molecular weight excluding hydrogens is 461 g/mol. The quantitative estimate of drug-likeness (QED) is 0.368. The number of guanidine groups is 1. The third-order valence-electron chi connectivity index (χ3n) is 4.09. The highest BCUT2D eigenvalue weighted by Gasteiger charge is 2.20. The van der Waals surface area contributed by atoms with Crippen LogP contribution in [0.25, 0.3) is 0 Å². The third kappa shape index (κ3) is 6.28. The topological polar surface area (TPSA) is 84.5 Å². The molecule has 1 unspecified atom stereocenters. The number of nitrogens with two attached hydrogens (primary N) is 1. The van der Waals surface area contributed by atoms with Crippen molar-refractivity contribution in [2.24, 2.45) is 10.7 Å². The van der Waals surface area contributed by atoms with Crippen LogP contribution < -0.4 is 11.1 Å². The molecule has 0 radical (unpaired) electrons. The van der Waals surface area contributed by atoms with Crippen LogP contribution in [-0.2, 0) is 9.84 Å². The van der Waals surface area contributed by atoms with Crippen molar-refractivity contribution in [1.82, 2.24) is 0 Å². The Bertz CT molecular complexity index is 852. The van der Waals surface area contributed by atoms with E-state index in [0.29, 0.717) is 11.3 Å². The third-order valence-corrected chi connectivity index (χ3v) is 5.90. The van der Waals surface area contributed by atoms with E-state index in [2.05, 4.69) is 10.3 Å². The summed E-state index contributed by atoms with van der Waals surface area (Å²) in [5, 5.41) is 3.03. The summed E-state index contributed by atoms with van der Waals surface area (Å²) in [4.78, 5) is 4.67. The predicted octanol–water partition coefficient (Wildman–Crippen LogP) is 3.90. The molecule has 3 N–H and O–H groups in total. The van der Waals surface area contributed by atoms with Gasteiger partial charge < -0.3 is 11.1 Å². The van der Waals surface area contributed by atoms with Gasteiger partial charge in [-0.15, -0.1) is 24.0 Å². The van der Waals surface area contributed by atoms with Gasteiger partial charge in [-0.25, -0.2) is 13.4 Å². The maximum absolute atomic E-state index is 12.5. The largest absolute Gasteiger partial charge is 0.370 e. The lowest BCUT2D eigenvalue weighted by Crippen LogP contribution is -2.28. The van der Waals surface area contributed by atoms with Gasteiger partial charge in [0, 0.05) is 5.69 Å². The Morgan fingerprint density at radius 2 is 1.77 bits per heavy atom. The lowest BCUT2D eigenvalue weighted by molar-refractivity contribution is 0.584. The van der Waals surface area contributed by atoms with Crippen molar-refractivity contribution < 1.29 is 8.42 Å². The number of aryl methyl sites for hydroxylation is 2. The molecule has 0 saturated carbocycles. The SMILES string of the molecule is CCC(CS(=O)(=O)c1ccccc1)N=C(N)Nc1ccc(C)c(C)c1.I. The Kier molecular flexibility index (Phi) is 8.55. The number of halogens is 1. The van der Waals surface area contributed by atoms with Crippen LogP contribution in [0.4, 0.5) is 5.69 Å². The summed E-state index contributed by atoms with van der Waals surface area (Å²) in [7, 11) is -3.39. The molecule has 7 heteroatoms. The zero-order valence-corrected chi connectivity index (χ0v) is 18.4. The standard InChI is InChI=1S/C19H25N3O2S.HI/c1-4-16(13-25(23,24)18-8-6-5-7-9-18)21-19(20)22-17-11-10-14(2)15(3)12-17;/h5-12,16H,4,13H2,1-3H3,(H3,20,21,22);1H. The van der Waals surface area contributed by atoms with Crippen molar-refractivity contribution in [2.45, 2.75) is 38.1 Å². The van der Waals surface area contributed by atoms with E-state index in [1.165, 1.54) is 5.56 Å². The van der Waals surface area contributed by atoms with Gasteiger partial charge in [0.2, 0.25) is 0 Å². The monoisotopic (exact) mass is 487 g/mol. The van der Waals surface area contributed by atoms with Crippen LogP contribution in [0.15, 0.2) is 58.4 Å². The number of anilines is 1. The predicted molar refractivity (Wildman–Crippen MR) is 119 cm³/mol. The van der Waals surface area contributed by atoms with E-state index in [1.54, 1.807) is 30.3 Å². The number of nitrogens with one attached hydrogen (secondary N) is 1. The van der Waals surface area contributed by atoms with Crippen molar-refractivity contribution in [2.75, 3.05) is 11.1 Å². The number of nitrogens with zero attached hydrogens (tertiary/aromatic N) is 1. The van der Waals surface area contributed by atoms with Crippen LogP contribution in [0.2, 0.25) is 0 Å². The summed E-state index contributed by atoms with van der Waals surface area (Å²) in [6.07, 6.45) is 0.585. The van der Waals surface area contributed by atoms with Crippen LogP contribution >= 0.6 is 24.0 Å². The molecule has 2 rings (SSSR count). The van der Waals surface area contributed by atoms with Crippen LogP contribution in [0.1, 0.15) is 24.5 Å². The number of aliphatic imine (C=N–C) groups is 1. The summed E-state index contributed by atoms with van der Waals surface area (Å²) in [5.41, 5.74) is 9.16. The molecule has 0 saturated heterocycles. The van der Waals surface area contributed by atoms with E-state index in [0.717, 1.165) is 11.3 Å². The molecule has 26 heavy (non-hydrogen) atoms. The summed E-state index contributed by atoms with van der Waals surface area (Å²) in [6, 6.07) is 13.9. The fourth-order valence-electron chi connectivity index (χ4n) is 2.42. The molecule has 142 valence electrons. The first-order valence-electron chi connectivity index (χ1n) is 8.27. The average Bonchev–Trinajstić information content (AvgIpc) is 2.58. The van der Waals surface area contributed by atoms with Crippen molar-refractivity contribution >= 4 is 45.5 Å². The molecule has 1 atom stereocenters. The fourth-order valence-corrected chi connectivity index (χ4v) is 4.00. The van der Waals surface area contributed by atoms with E-state index < -0.39 is 15.9 Å². The second-order valence-electron chi connectivity index (χ2n) is 6.09. The van der Waals surface area contributed by atoms with Crippen LogP contribution in [-0.4, -0.2) is 26.2 Å². The van der Waals surface area contributed by atoms with Gasteiger partial charge in [0.25, 0.3) is 0 Å². The van der Waals surface area contributed by atoms with Gasteiger partial charge in [-0.3, -0.25) is 0 Å². The Labute approximate surface area is 173 Å². The van der Waals surface area contributed by atoms with Crippen molar-refractivity contribution in [3.8, 4) is 0 Å². The first-order valence-corrected chi connectivity index (χ1v) is 9.92. The molecular formula is C19H26IN3O2S. The Morgan fingerprint density at radius 1 is 1.12 bits per heavy atom. The minimum absolute atomic E-state index is 0. The second-order valence-corrected chi connectivity index (χ2v) is 8.13. The summed E-state index contributed by atoms with van der Waals surface area (Å²) in [5.74, 6) is 0.154. The van der Waals surface area contributed by atoms with Crippen LogP contribution in [0.5, 0.6) is 0 Å². The lowest BCUT2D eigenvalue weighted by Gasteiger charge is -2.14. The van der Waals surface area contributed by atoms with Crippen molar-refractivity contribution in [3.63, 3.8) is 0 Å². The second kappa shape index (κ2) is 9.91. The molecule has 0 fully saturated rings. The molecule has 0 aromatic heterocycles. The van der Waals surface area contributed by atoms with Gasteiger partial charge in [0.15, 0.2) is 15.8 Å². The molecule has 0 aliphatic carbocycles. The number of hydrogen-bond acceptors (Lipinski definition) is 3.